The van der Waals surface area contributed by atoms with Crippen LogP contribution in [0.3, 0.4) is 0 Å². The molecule has 0 radical (unpaired) electrons. The monoisotopic (exact) mass is 399 g/mol. The molecule has 21 heavy (non-hydrogen) atoms. The van der Waals surface area contributed by atoms with E-state index < -0.39 is 0 Å². The molecule has 1 aromatic heterocycles. The number of amides is 1. The van der Waals surface area contributed by atoms with Crippen molar-refractivity contribution >= 4 is 28.5 Å². The maximum Gasteiger partial charge on any atom is 0.270 e. The minimum absolute atomic E-state index is 0.000135. The zero-order valence-corrected chi connectivity index (χ0v) is 14.5. The average Bonchev–Trinajstić information content (AvgIpc) is 2.83. The van der Waals surface area contributed by atoms with E-state index in [0.717, 1.165) is 21.3 Å². The van der Waals surface area contributed by atoms with Crippen LogP contribution in [0.25, 0.3) is 0 Å². The third-order valence-electron chi connectivity index (χ3n) is 6.17. The number of carbonyl (C=O) groups excluding carboxylic acids is 1. The van der Waals surface area contributed by atoms with Gasteiger partial charge in [-0.3, -0.25) is 9.89 Å². The van der Waals surface area contributed by atoms with Gasteiger partial charge in [-0.25, -0.2) is 0 Å². The molecule has 1 heterocycles. The Bertz CT molecular complexity index is 532. The number of aromatic nitrogens is 2. The van der Waals surface area contributed by atoms with E-state index in [4.69, 9.17) is 0 Å². The highest BCUT2D eigenvalue weighted by molar-refractivity contribution is 14.1. The number of carbonyl (C=O) groups is 1. The van der Waals surface area contributed by atoms with Crippen LogP contribution in [-0.4, -0.2) is 22.1 Å². The Hall–Kier alpha value is -0.590. The number of H-pyrrole nitrogens is 1. The molecule has 1 unspecified atom stereocenters. The van der Waals surface area contributed by atoms with Crippen molar-refractivity contribution in [2.45, 2.75) is 51.5 Å². The Morgan fingerprint density at radius 1 is 1.33 bits per heavy atom. The summed E-state index contributed by atoms with van der Waals surface area (Å²) in [5.74, 6) is 2.76. The molecule has 0 aliphatic heterocycles. The van der Waals surface area contributed by atoms with Crippen LogP contribution in [0, 0.1) is 26.7 Å². The molecule has 5 rings (SSSR count). The number of aromatic amines is 1. The third kappa shape index (κ3) is 2.32. The Morgan fingerprint density at radius 3 is 2.38 bits per heavy atom. The second-order valence-corrected chi connectivity index (χ2v) is 8.73. The Kier molecular flexibility index (Phi) is 3.32. The van der Waals surface area contributed by atoms with Gasteiger partial charge in [0.15, 0.2) is 0 Å². The van der Waals surface area contributed by atoms with Crippen molar-refractivity contribution in [1.29, 1.82) is 0 Å². The number of nitrogens with zero attached hydrogens (tertiary/aromatic N) is 1. The summed E-state index contributed by atoms with van der Waals surface area (Å²) in [6.45, 7) is 2.22. The van der Waals surface area contributed by atoms with Crippen molar-refractivity contribution in [1.82, 2.24) is 15.5 Å². The van der Waals surface area contributed by atoms with Crippen molar-refractivity contribution in [3.05, 3.63) is 15.5 Å². The maximum absolute atomic E-state index is 12.4. The topological polar surface area (TPSA) is 57.8 Å². The van der Waals surface area contributed by atoms with E-state index >= 15 is 0 Å². The van der Waals surface area contributed by atoms with E-state index in [1.807, 2.05) is 0 Å². The van der Waals surface area contributed by atoms with Gasteiger partial charge in [0.1, 0.15) is 5.69 Å². The van der Waals surface area contributed by atoms with E-state index in [0.29, 0.717) is 11.1 Å². The Morgan fingerprint density at radius 2 is 1.90 bits per heavy atom. The van der Waals surface area contributed by atoms with Gasteiger partial charge in [0.05, 0.1) is 9.77 Å². The lowest BCUT2D eigenvalue weighted by Gasteiger charge is -2.59. The molecule has 5 heteroatoms. The first kappa shape index (κ1) is 14.0. The number of nitrogens with one attached hydrogen (secondary N) is 2. The normalized spacial score (nSPS) is 38.5. The van der Waals surface area contributed by atoms with Gasteiger partial charge in [0.2, 0.25) is 0 Å². The van der Waals surface area contributed by atoms with E-state index in [1.54, 1.807) is 6.20 Å². The smallest absolute Gasteiger partial charge is 0.270 e. The molecular formula is C16H22IN3O. The standard InChI is InChI=1S/C16H22IN3O/c1-9(19-15(21)14-13(17)8-18-20-14)16-5-10-2-11(6-16)4-12(3-10)7-16/h8-12H,2-7H2,1H3,(H,18,20)(H,19,21). The zero-order valence-electron chi connectivity index (χ0n) is 12.4. The minimum Gasteiger partial charge on any atom is -0.348 e. The van der Waals surface area contributed by atoms with Crippen LogP contribution in [-0.2, 0) is 0 Å². The van der Waals surface area contributed by atoms with Crippen molar-refractivity contribution in [3.63, 3.8) is 0 Å². The Balaban J connectivity index is 1.51. The van der Waals surface area contributed by atoms with Crippen molar-refractivity contribution in [2.75, 3.05) is 0 Å². The Labute approximate surface area is 139 Å². The highest BCUT2D eigenvalue weighted by Crippen LogP contribution is 2.61. The summed E-state index contributed by atoms with van der Waals surface area (Å²) in [7, 11) is 0. The van der Waals surface area contributed by atoms with Gasteiger partial charge in [0.25, 0.3) is 5.91 Å². The summed E-state index contributed by atoms with van der Waals surface area (Å²) in [6.07, 6.45) is 9.99. The van der Waals surface area contributed by atoms with Gasteiger partial charge < -0.3 is 5.32 Å². The van der Waals surface area contributed by atoms with E-state index in [1.165, 1.54) is 38.5 Å². The van der Waals surface area contributed by atoms with Gasteiger partial charge in [-0.05, 0) is 91.2 Å². The minimum atomic E-state index is 0.000135. The molecule has 1 aromatic rings. The van der Waals surface area contributed by atoms with Gasteiger partial charge >= 0.3 is 0 Å². The number of halogens is 1. The molecule has 1 amide bonds. The molecule has 4 aliphatic carbocycles. The molecule has 4 bridgehead atoms. The molecule has 0 spiro atoms. The van der Waals surface area contributed by atoms with Crippen LogP contribution < -0.4 is 5.32 Å². The van der Waals surface area contributed by atoms with E-state index in [9.17, 15) is 4.79 Å². The highest BCUT2D eigenvalue weighted by Gasteiger charge is 2.53. The zero-order chi connectivity index (χ0) is 14.6. The number of hydrogen-bond acceptors (Lipinski definition) is 2. The van der Waals surface area contributed by atoms with Crippen molar-refractivity contribution < 1.29 is 4.79 Å². The predicted octanol–water partition coefficient (Wildman–Crippen LogP) is 3.35. The first-order chi connectivity index (χ1) is 10.1. The summed E-state index contributed by atoms with van der Waals surface area (Å²) in [5, 5.41) is 10.0. The fraction of sp³-hybridized carbons (Fsp3) is 0.750. The second-order valence-electron chi connectivity index (χ2n) is 7.57. The fourth-order valence-electron chi connectivity index (χ4n) is 5.56. The van der Waals surface area contributed by atoms with Gasteiger partial charge in [0, 0.05) is 6.04 Å². The summed E-state index contributed by atoms with van der Waals surface area (Å²) in [6, 6.07) is 0.262. The molecular weight excluding hydrogens is 377 g/mol. The van der Waals surface area contributed by atoms with Crippen molar-refractivity contribution in [2.24, 2.45) is 23.2 Å². The van der Waals surface area contributed by atoms with Gasteiger partial charge in [-0.2, -0.15) is 5.10 Å². The molecule has 4 saturated carbocycles. The highest BCUT2D eigenvalue weighted by atomic mass is 127. The predicted molar refractivity (Wildman–Crippen MR) is 88.8 cm³/mol. The summed E-state index contributed by atoms with van der Waals surface area (Å²) >= 11 is 2.16. The lowest BCUT2D eigenvalue weighted by Crippen LogP contribution is -2.55. The first-order valence-corrected chi connectivity index (χ1v) is 9.13. The molecule has 4 nitrogen and oxygen atoms in total. The van der Waals surface area contributed by atoms with Gasteiger partial charge in [-0.15, -0.1) is 0 Å². The van der Waals surface area contributed by atoms with Gasteiger partial charge in [-0.1, -0.05) is 0 Å². The fourth-order valence-corrected chi connectivity index (χ4v) is 6.07. The summed E-state index contributed by atoms with van der Waals surface area (Å²) < 4.78 is 0.891. The summed E-state index contributed by atoms with van der Waals surface area (Å²) in [4.78, 5) is 12.4. The van der Waals surface area contributed by atoms with Crippen LogP contribution in [0.2, 0.25) is 0 Å². The first-order valence-electron chi connectivity index (χ1n) is 8.05. The lowest BCUT2D eigenvalue weighted by molar-refractivity contribution is -0.0688. The molecule has 114 valence electrons. The molecule has 1 atom stereocenters. The SMILES string of the molecule is CC(NC(=O)c1[nH]ncc1I)C12CC3CC(CC(C3)C1)C2. The molecule has 2 N–H and O–H groups in total. The summed E-state index contributed by atoms with van der Waals surface area (Å²) in [5.41, 5.74) is 0.961. The lowest BCUT2D eigenvalue weighted by atomic mass is 9.48. The number of hydrogen-bond donors (Lipinski definition) is 2. The van der Waals surface area contributed by atoms with Crippen LogP contribution in [0.4, 0.5) is 0 Å². The van der Waals surface area contributed by atoms with E-state index in [2.05, 4.69) is 45.0 Å². The largest absolute Gasteiger partial charge is 0.348 e. The third-order valence-corrected chi connectivity index (χ3v) is 6.99. The van der Waals surface area contributed by atoms with E-state index in [-0.39, 0.29) is 11.9 Å². The number of rotatable bonds is 3. The van der Waals surface area contributed by atoms with Crippen LogP contribution in [0.15, 0.2) is 6.20 Å². The molecule has 4 fully saturated rings. The van der Waals surface area contributed by atoms with Crippen LogP contribution in [0.1, 0.15) is 55.9 Å². The quantitative estimate of drug-likeness (QED) is 0.766. The average molecular weight is 399 g/mol. The molecule has 4 aliphatic rings. The van der Waals surface area contributed by atoms with Crippen molar-refractivity contribution in [3.8, 4) is 0 Å². The van der Waals surface area contributed by atoms with Crippen LogP contribution >= 0.6 is 22.6 Å². The second kappa shape index (κ2) is 4.96. The maximum atomic E-state index is 12.4. The molecule has 0 saturated heterocycles. The molecule has 0 aromatic carbocycles. The van der Waals surface area contributed by atoms with Crippen LogP contribution in [0.5, 0.6) is 0 Å².